The minimum atomic E-state index is -1.32. The number of carboxylic acids is 1. The molecule has 2 amide bonds. The van der Waals surface area contributed by atoms with Gasteiger partial charge >= 0.3 is 12.0 Å². The largest absolute Gasteiger partial charge is 0.478 e. The van der Waals surface area contributed by atoms with Crippen molar-refractivity contribution in [1.29, 1.82) is 0 Å². The fourth-order valence-electron chi connectivity index (χ4n) is 3.79. The van der Waals surface area contributed by atoms with Gasteiger partial charge in [0.25, 0.3) is 0 Å². The maximum absolute atomic E-state index is 12.3. The highest BCUT2D eigenvalue weighted by Gasteiger charge is 2.29. The van der Waals surface area contributed by atoms with Gasteiger partial charge in [-0.2, -0.15) is 0 Å². The molecule has 2 aromatic carbocycles. The van der Waals surface area contributed by atoms with Crippen molar-refractivity contribution in [1.82, 2.24) is 15.2 Å². The van der Waals surface area contributed by atoms with E-state index in [2.05, 4.69) is 24.5 Å². The monoisotopic (exact) mass is 519 g/mol. The third-order valence-electron chi connectivity index (χ3n) is 5.96. The predicted octanol–water partition coefficient (Wildman–Crippen LogP) is 5.86. The van der Waals surface area contributed by atoms with E-state index in [1.54, 1.807) is 12.1 Å². The van der Waals surface area contributed by atoms with Gasteiger partial charge < -0.3 is 25.0 Å². The van der Waals surface area contributed by atoms with Crippen LogP contribution in [0, 0.1) is 0 Å². The summed E-state index contributed by atoms with van der Waals surface area (Å²) in [6.07, 6.45) is 2.64. The number of aliphatic carboxylic acids is 1. The lowest BCUT2D eigenvalue weighted by Crippen LogP contribution is -2.39. The lowest BCUT2D eigenvalue weighted by molar-refractivity contribution is -0.152. The van der Waals surface area contributed by atoms with Gasteiger partial charge in [0.1, 0.15) is 5.75 Å². The third-order valence-corrected chi connectivity index (χ3v) is 6.51. The molecule has 3 rings (SSSR count). The van der Waals surface area contributed by atoms with Crippen LogP contribution in [-0.4, -0.2) is 40.4 Å². The van der Waals surface area contributed by atoms with Gasteiger partial charge in [-0.1, -0.05) is 43.1 Å². The van der Waals surface area contributed by atoms with E-state index in [4.69, 9.17) is 27.9 Å². The summed E-state index contributed by atoms with van der Waals surface area (Å²) in [5.74, 6) is -0.542. The number of carbonyl (C=O) groups is 2. The topological polar surface area (TPSA) is 92.6 Å². The van der Waals surface area contributed by atoms with Crippen LogP contribution >= 0.6 is 23.2 Å². The Hall–Kier alpha value is -2.90. The van der Waals surface area contributed by atoms with Crippen molar-refractivity contribution in [3.8, 4) is 5.75 Å². The van der Waals surface area contributed by atoms with Crippen LogP contribution in [0.25, 0.3) is 10.9 Å². The average Bonchev–Trinajstić information content (AvgIpc) is 3.15. The van der Waals surface area contributed by atoms with Gasteiger partial charge in [-0.3, -0.25) is 0 Å². The lowest BCUT2D eigenvalue weighted by atomic mass is 9.81. The van der Waals surface area contributed by atoms with Crippen molar-refractivity contribution in [2.24, 2.45) is 0 Å². The summed E-state index contributed by atoms with van der Waals surface area (Å²) in [6.45, 7) is 8.72. The highest BCUT2D eigenvalue weighted by Crippen LogP contribution is 2.34. The van der Waals surface area contributed by atoms with E-state index in [0.29, 0.717) is 41.8 Å². The molecule has 0 bridgehead atoms. The summed E-state index contributed by atoms with van der Waals surface area (Å²) in [5, 5.41) is 17.2. The first kappa shape index (κ1) is 26.7. The SMILES string of the molecule is CC(C)(Oc1ccc2c(ccn2CCNC(=O)NCCC(C)(C)c2ccc(Cl)cc2Cl)c1)C(=O)O. The van der Waals surface area contributed by atoms with Crippen molar-refractivity contribution in [2.45, 2.75) is 51.7 Å². The number of fused-ring (bicyclic) bond motifs is 1. The third kappa shape index (κ3) is 6.83. The number of aromatic nitrogens is 1. The molecule has 0 radical (unpaired) electrons. The molecule has 0 aliphatic rings. The number of hydrogen-bond acceptors (Lipinski definition) is 3. The summed E-state index contributed by atoms with van der Waals surface area (Å²) in [7, 11) is 0. The maximum Gasteiger partial charge on any atom is 0.347 e. The molecule has 0 fully saturated rings. The zero-order valence-corrected chi connectivity index (χ0v) is 21.8. The summed E-state index contributed by atoms with van der Waals surface area (Å²) in [6, 6.07) is 12.6. The number of hydrogen-bond donors (Lipinski definition) is 3. The fourth-order valence-corrected chi connectivity index (χ4v) is 4.45. The molecule has 3 aromatic rings. The number of rotatable bonds is 10. The van der Waals surface area contributed by atoms with E-state index in [0.717, 1.165) is 16.5 Å². The van der Waals surface area contributed by atoms with Gasteiger partial charge in [-0.15, -0.1) is 0 Å². The molecular formula is C26H31Cl2N3O4. The number of nitrogens with one attached hydrogen (secondary N) is 2. The van der Waals surface area contributed by atoms with Gasteiger partial charge in [0.05, 0.1) is 0 Å². The zero-order valence-electron chi connectivity index (χ0n) is 20.3. The Labute approximate surface area is 215 Å². The number of halogens is 2. The number of ether oxygens (including phenoxy) is 1. The van der Waals surface area contributed by atoms with Gasteiger partial charge in [0.15, 0.2) is 5.60 Å². The second kappa shape index (κ2) is 10.8. The molecular weight excluding hydrogens is 489 g/mol. The van der Waals surface area contributed by atoms with Crippen LogP contribution in [0.15, 0.2) is 48.7 Å². The molecule has 7 nitrogen and oxygen atoms in total. The Kier molecular flexibility index (Phi) is 8.23. The van der Waals surface area contributed by atoms with Crippen LogP contribution in [-0.2, 0) is 16.8 Å². The number of nitrogens with zero attached hydrogens (tertiary/aromatic N) is 1. The number of carboxylic acid groups (broad SMARTS) is 1. The summed E-state index contributed by atoms with van der Waals surface area (Å²) in [4.78, 5) is 23.6. The highest BCUT2D eigenvalue weighted by atomic mass is 35.5. The molecule has 0 spiro atoms. The predicted molar refractivity (Wildman–Crippen MR) is 140 cm³/mol. The molecule has 3 N–H and O–H groups in total. The number of amides is 2. The summed E-state index contributed by atoms with van der Waals surface area (Å²) < 4.78 is 7.63. The molecule has 1 aromatic heterocycles. The molecule has 0 atom stereocenters. The van der Waals surface area contributed by atoms with Crippen LogP contribution in [0.3, 0.4) is 0 Å². The van der Waals surface area contributed by atoms with Gasteiger partial charge in [0.2, 0.25) is 0 Å². The molecule has 0 aliphatic heterocycles. The smallest absolute Gasteiger partial charge is 0.347 e. The molecule has 188 valence electrons. The standard InChI is InChI=1S/C26H31Cl2N3O4/c1-25(2,20-7-5-18(27)16-21(20)28)10-11-29-24(34)30-12-14-31-13-9-17-15-19(6-8-22(17)31)35-26(3,4)23(32)33/h5-9,13,15-16H,10-12,14H2,1-4H3,(H,32,33)(H2,29,30,34). The first-order chi connectivity index (χ1) is 16.4. The molecule has 0 saturated carbocycles. The van der Waals surface area contributed by atoms with Crippen LogP contribution in [0.1, 0.15) is 39.7 Å². The van der Waals surface area contributed by atoms with E-state index >= 15 is 0 Å². The van der Waals surface area contributed by atoms with Crippen LogP contribution in [0.4, 0.5) is 4.79 Å². The Morgan fingerprint density at radius 2 is 1.71 bits per heavy atom. The van der Waals surface area contributed by atoms with Crippen LogP contribution in [0.5, 0.6) is 5.75 Å². The number of benzene rings is 2. The van der Waals surface area contributed by atoms with Gasteiger partial charge in [-0.05, 0) is 67.6 Å². The first-order valence-corrected chi connectivity index (χ1v) is 12.1. The molecule has 1 heterocycles. The van der Waals surface area contributed by atoms with Crippen molar-refractivity contribution in [3.05, 3.63) is 64.3 Å². The van der Waals surface area contributed by atoms with Crippen LogP contribution in [0.2, 0.25) is 10.0 Å². The average molecular weight is 520 g/mol. The van der Waals surface area contributed by atoms with E-state index in [-0.39, 0.29) is 11.4 Å². The Bertz CT molecular complexity index is 1220. The normalized spacial score (nSPS) is 11.9. The molecule has 0 unspecified atom stereocenters. The molecule has 0 aliphatic carbocycles. The number of carbonyl (C=O) groups excluding carboxylic acids is 1. The lowest BCUT2D eigenvalue weighted by Gasteiger charge is -2.26. The Balaban J connectivity index is 1.48. The minimum Gasteiger partial charge on any atom is -0.478 e. The first-order valence-electron chi connectivity index (χ1n) is 11.4. The molecule has 9 heteroatoms. The Morgan fingerprint density at radius 3 is 2.40 bits per heavy atom. The summed E-state index contributed by atoms with van der Waals surface area (Å²) >= 11 is 12.3. The van der Waals surface area contributed by atoms with E-state index in [1.165, 1.54) is 13.8 Å². The Morgan fingerprint density at radius 1 is 1.00 bits per heavy atom. The van der Waals surface area contributed by atoms with Gasteiger partial charge in [-0.25, -0.2) is 9.59 Å². The second-order valence-electron chi connectivity index (χ2n) is 9.59. The van der Waals surface area contributed by atoms with E-state index in [9.17, 15) is 14.7 Å². The summed E-state index contributed by atoms with van der Waals surface area (Å²) in [5.41, 5.74) is 0.421. The van der Waals surface area contributed by atoms with Crippen molar-refractivity contribution in [2.75, 3.05) is 13.1 Å². The van der Waals surface area contributed by atoms with Crippen molar-refractivity contribution < 1.29 is 19.4 Å². The highest BCUT2D eigenvalue weighted by molar-refractivity contribution is 6.35. The van der Waals surface area contributed by atoms with E-state index < -0.39 is 11.6 Å². The molecule has 0 saturated heterocycles. The van der Waals surface area contributed by atoms with Gasteiger partial charge in [0, 0.05) is 46.8 Å². The van der Waals surface area contributed by atoms with E-state index in [1.807, 2.05) is 41.1 Å². The maximum atomic E-state index is 12.3. The van der Waals surface area contributed by atoms with Crippen LogP contribution < -0.4 is 15.4 Å². The fraction of sp³-hybridized carbons (Fsp3) is 0.385. The quantitative estimate of drug-likeness (QED) is 0.312. The second-order valence-corrected chi connectivity index (χ2v) is 10.4. The number of urea groups is 1. The van der Waals surface area contributed by atoms with Crippen molar-refractivity contribution in [3.63, 3.8) is 0 Å². The zero-order chi connectivity index (χ0) is 25.8. The molecule has 35 heavy (non-hydrogen) atoms. The van der Waals surface area contributed by atoms with Crippen molar-refractivity contribution >= 4 is 46.1 Å². The minimum absolute atomic E-state index is 0.221.